The summed E-state index contributed by atoms with van der Waals surface area (Å²) in [4.78, 5) is 0. The number of alkyl halides is 3. The fourth-order valence-corrected chi connectivity index (χ4v) is 4.02. The third-order valence-electron chi connectivity index (χ3n) is 5.64. The number of hydrogen-bond donors (Lipinski definition) is 2. The minimum atomic E-state index is -4.72. The number of rotatable bonds is 7. The quantitative estimate of drug-likeness (QED) is 0.337. The first-order chi connectivity index (χ1) is 15.7. The lowest BCUT2D eigenvalue weighted by Gasteiger charge is -2.14. The second kappa shape index (κ2) is 9.19. The Labute approximate surface area is 190 Å². The molecule has 1 unspecified atom stereocenters. The predicted octanol–water partition coefficient (Wildman–Crippen LogP) is 6.45. The number of fused-ring (bicyclic) bond motifs is 1. The normalized spacial score (nSPS) is 12.8. The van der Waals surface area contributed by atoms with E-state index in [0.717, 1.165) is 27.5 Å². The van der Waals surface area contributed by atoms with Crippen LogP contribution in [0, 0.1) is 6.92 Å². The van der Waals surface area contributed by atoms with Crippen LogP contribution in [0.15, 0.2) is 72.9 Å². The fourth-order valence-electron chi connectivity index (χ4n) is 4.02. The van der Waals surface area contributed by atoms with Gasteiger partial charge in [0.15, 0.2) is 5.88 Å². The van der Waals surface area contributed by atoms with Gasteiger partial charge >= 0.3 is 6.36 Å². The highest BCUT2D eigenvalue weighted by molar-refractivity contribution is 5.91. The summed E-state index contributed by atoms with van der Waals surface area (Å²) in [6, 6.07) is 20.2. The van der Waals surface area contributed by atoms with Crippen LogP contribution in [-0.4, -0.2) is 16.0 Å². The molecule has 0 aliphatic rings. The Bertz CT molecular complexity index is 1230. The van der Waals surface area contributed by atoms with Crippen LogP contribution in [0.5, 0.6) is 11.6 Å². The Balaban J connectivity index is 1.50. The molecule has 0 saturated carbocycles. The fraction of sp³-hybridized carbons (Fsp3) is 0.231. The van der Waals surface area contributed by atoms with E-state index in [4.69, 9.17) is 0 Å². The molecule has 0 aliphatic heterocycles. The van der Waals surface area contributed by atoms with Gasteiger partial charge in [-0.3, -0.25) is 0 Å². The van der Waals surface area contributed by atoms with Crippen molar-refractivity contribution >= 4 is 10.8 Å². The van der Waals surface area contributed by atoms with Crippen LogP contribution in [0.3, 0.4) is 0 Å². The molecule has 7 heteroatoms. The van der Waals surface area contributed by atoms with Gasteiger partial charge < -0.3 is 19.7 Å². The average molecular weight is 454 g/mol. The molecule has 3 aromatic carbocycles. The Kier molecular flexibility index (Phi) is 6.33. The van der Waals surface area contributed by atoms with Crippen molar-refractivity contribution < 1.29 is 23.0 Å². The largest absolute Gasteiger partial charge is 0.573 e. The number of benzene rings is 3. The Morgan fingerprint density at radius 2 is 1.70 bits per heavy atom. The van der Waals surface area contributed by atoms with E-state index in [9.17, 15) is 18.3 Å². The summed E-state index contributed by atoms with van der Waals surface area (Å²) < 4.78 is 42.7. The number of aromatic nitrogens is 1. The Hall–Kier alpha value is -3.45. The van der Waals surface area contributed by atoms with Gasteiger partial charge in [-0.2, -0.15) is 0 Å². The first-order valence-electron chi connectivity index (χ1n) is 10.6. The van der Waals surface area contributed by atoms with Crippen molar-refractivity contribution in [1.82, 2.24) is 9.88 Å². The van der Waals surface area contributed by atoms with Crippen LogP contribution < -0.4 is 10.1 Å². The second-order valence-corrected chi connectivity index (χ2v) is 8.16. The van der Waals surface area contributed by atoms with Gasteiger partial charge in [-0.05, 0) is 54.3 Å². The van der Waals surface area contributed by atoms with Crippen LogP contribution in [0.4, 0.5) is 13.2 Å². The average Bonchev–Trinajstić information content (AvgIpc) is 3.08. The van der Waals surface area contributed by atoms with E-state index in [2.05, 4.69) is 35.2 Å². The minimum absolute atomic E-state index is 0.135. The van der Waals surface area contributed by atoms with Gasteiger partial charge in [0.1, 0.15) is 5.75 Å². The molecule has 0 radical (unpaired) electrons. The van der Waals surface area contributed by atoms with Crippen molar-refractivity contribution in [2.24, 2.45) is 0 Å². The zero-order chi connectivity index (χ0) is 23.6. The highest BCUT2D eigenvalue weighted by atomic mass is 19.4. The van der Waals surface area contributed by atoms with Crippen LogP contribution >= 0.6 is 0 Å². The first-order valence-corrected chi connectivity index (χ1v) is 10.6. The molecule has 0 fully saturated rings. The second-order valence-electron chi connectivity index (χ2n) is 8.16. The molecule has 1 atom stereocenters. The highest BCUT2D eigenvalue weighted by Gasteiger charge is 2.30. The molecule has 4 nitrogen and oxygen atoms in total. The number of halogens is 3. The summed E-state index contributed by atoms with van der Waals surface area (Å²) in [5.74, 6) is -0.138. The van der Waals surface area contributed by atoms with E-state index in [1.807, 2.05) is 37.4 Å². The molecule has 1 aromatic heterocycles. The maximum Gasteiger partial charge on any atom is 0.573 e. The van der Waals surface area contributed by atoms with Crippen molar-refractivity contribution in [3.63, 3.8) is 0 Å². The van der Waals surface area contributed by atoms with Gasteiger partial charge in [0.2, 0.25) is 0 Å². The molecule has 0 saturated heterocycles. The molecule has 2 N–H and O–H groups in total. The third kappa shape index (κ3) is 5.49. The maximum atomic E-state index is 12.4. The summed E-state index contributed by atoms with van der Waals surface area (Å²) in [5.41, 5.74) is 4.03. The lowest BCUT2D eigenvalue weighted by atomic mass is 10.0. The number of aryl methyl sites for hydroxylation is 1. The number of hydrogen-bond acceptors (Lipinski definition) is 3. The smallest absolute Gasteiger partial charge is 0.494 e. The number of aromatic hydroxyl groups is 1. The summed E-state index contributed by atoms with van der Waals surface area (Å²) in [7, 11) is 0. The predicted molar refractivity (Wildman–Crippen MR) is 122 cm³/mol. The molecule has 33 heavy (non-hydrogen) atoms. The zero-order valence-electron chi connectivity index (χ0n) is 18.4. The van der Waals surface area contributed by atoms with Crippen LogP contribution in [0.1, 0.15) is 35.2 Å². The third-order valence-corrected chi connectivity index (χ3v) is 5.64. The van der Waals surface area contributed by atoms with Gasteiger partial charge in [0.25, 0.3) is 0 Å². The van der Waals surface area contributed by atoms with Crippen LogP contribution in [0.25, 0.3) is 10.8 Å². The summed E-state index contributed by atoms with van der Waals surface area (Å²) in [6.45, 7) is 5.08. The zero-order valence-corrected chi connectivity index (χ0v) is 18.4. The van der Waals surface area contributed by atoms with Crippen molar-refractivity contribution in [1.29, 1.82) is 0 Å². The van der Waals surface area contributed by atoms with E-state index in [1.54, 1.807) is 16.7 Å². The van der Waals surface area contributed by atoms with Crippen LogP contribution in [0.2, 0.25) is 0 Å². The SMILES string of the molecule is Cc1cc(CNC(C)c2ccccc2)cc2cn(Cc3ccc(OC(F)(F)F)cc3)c(O)c12. The van der Waals surface area contributed by atoms with Crippen LogP contribution in [-0.2, 0) is 13.1 Å². The first kappa shape index (κ1) is 22.7. The van der Waals surface area contributed by atoms with Gasteiger partial charge in [0, 0.05) is 29.6 Å². The Morgan fingerprint density at radius 3 is 2.36 bits per heavy atom. The van der Waals surface area contributed by atoms with Gasteiger partial charge in [-0.25, -0.2) is 0 Å². The lowest BCUT2D eigenvalue weighted by Crippen LogP contribution is -2.18. The van der Waals surface area contributed by atoms with E-state index in [0.29, 0.717) is 13.1 Å². The molecule has 1 heterocycles. The molecule has 0 spiro atoms. The van der Waals surface area contributed by atoms with Gasteiger partial charge in [-0.15, -0.1) is 13.2 Å². The standard InChI is InChI=1S/C26H25F3N2O2/c1-17-12-20(14-30-18(2)21-6-4-3-5-7-21)13-22-16-31(25(32)24(17)22)15-19-8-10-23(11-9-19)33-26(27,28)29/h3-13,16,18,30,32H,14-15H2,1-2H3. The molecular weight excluding hydrogens is 429 g/mol. The minimum Gasteiger partial charge on any atom is -0.494 e. The molecule has 172 valence electrons. The molecule has 4 aromatic rings. The van der Waals surface area contributed by atoms with E-state index in [-0.39, 0.29) is 17.7 Å². The monoisotopic (exact) mass is 454 g/mol. The summed E-state index contributed by atoms with van der Waals surface area (Å²) >= 11 is 0. The molecule has 4 rings (SSSR count). The number of nitrogens with one attached hydrogen (secondary N) is 1. The van der Waals surface area contributed by atoms with Crippen molar-refractivity contribution in [2.45, 2.75) is 39.3 Å². The summed E-state index contributed by atoms with van der Waals surface area (Å²) in [5, 5.41) is 16.0. The van der Waals surface area contributed by atoms with Gasteiger partial charge in [-0.1, -0.05) is 48.5 Å². The van der Waals surface area contributed by atoms with Crippen molar-refractivity contribution in [2.75, 3.05) is 0 Å². The summed E-state index contributed by atoms with van der Waals surface area (Å²) in [6.07, 6.45) is -2.86. The molecule has 0 bridgehead atoms. The van der Waals surface area contributed by atoms with Gasteiger partial charge in [0.05, 0.1) is 6.54 Å². The van der Waals surface area contributed by atoms with E-state index in [1.165, 1.54) is 17.7 Å². The van der Waals surface area contributed by atoms with E-state index >= 15 is 0 Å². The number of nitrogens with zero attached hydrogens (tertiary/aromatic N) is 1. The lowest BCUT2D eigenvalue weighted by molar-refractivity contribution is -0.274. The van der Waals surface area contributed by atoms with Crippen molar-refractivity contribution in [3.8, 4) is 11.6 Å². The molecule has 0 aliphatic carbocycles. The number of ether oxygens (including phenoxy) is 1. The molecule has 0 amide bonds. The van der Waals surface area contributed by atoms with Crippen molar-refractivity contribution in [3.05, 3.63) is 95.2 Å². The van der Waals surface area contributed by atoms with E-state index < -0.39 is 6.36 Å². The topological polar surface area (TPSA) is 46.4 Å². The molecular formula is C26H25F3N2O2. The highest BCUT2D eigenvalue weighted by Crippen LogP contribution is 2.32. The maximum absolute atomic E-state index is 12.4. The Morgan fingerprint density at radius 1 is 1.00 bits per heavy atom.